The number of fused-ring (bicyclic) bond motifs is 1. The predicted molar refractivity (Wildman–Crippen MR) is 109 cm³/mol. The molecule has 0 aliphatic carbocycles. The highest BCUT2D eigenvalue weighted by atomic mass is 35.5. The van der Waals surface area contributed by atoms with Gasteiger partial charge in [0.15, 0.2) is 6.10 Å². The molecule has 1 atom stereocenters. The highest BCUT2D eigenvalue weighted by Gasteiger charge is 2.35. The molecule has 3 rings (SSSR count). The molecule has 1 N–H and O–H groups in total. The number of ether oxygens (including phenoxy) is 2. The first-order valence-electron chi connectivity index (χ1n) is 8.71. The minimum absolute atomic E-state index is 0.186. The third-order valence-corrected chi connectivity index (χ3v) is 5.55. The van der Waals surface area contributed by atoms with E-state index in [2.05, 4.69) is 5.32 Å². The van der Waals surface area contributed by atoms with Crippen LogP contribution in [0.5, 0.6) is 5.75 Å². The number of benzene rings is 2. The van der Waals surface area contributed by atoms with Crippen LogP contribution >= 0.6 is 11.6 Å². The van der Waals surface area contributed by atoms with Crippen LogP contribution in [0.3, 0.4) is 0 Å². The van der Waals surface area contributed by atoms with Crippen LogP contribution in [0.25, 0.3) is 0 Å². The van der Waals surface area contributed by atoms with Gasteiger partial charge in [0.05, 0.1) is 36.3 Å². The van der Waals surface area contributed by atoms with Crippen molar-refractivity contribution in [2.75, 3.05) is 29.0 Å². The van der Waals surface area contributed by atoms with Crippen molar-refractivity contribution in [3.63, 3.8) is 0 Å². The van der Waals surface area contributed by atoms with Crippen molar-refractivity contribution < 1.29 is 27.5 Å². The van der Waals surface area contributed by atoms with Gasteiger partial charge in [-0.15, -0.1) is 0 Å². The second-order valence-electron chi connectivity index (χ2n) is 6.27. The SMILES string of the molecule is CCOC(=O)c1ccccc1NC(=O)[C@@H]1CN(S(C)(=O)=O)c2cc(Cl)ccc2O1. The molecule has 10 heteroatoms. The molecule has 1 amide bonds. The Balaban J connectivity index is 1.88. The molecule has 8 nitrogen and oxygen atoms in total. The Morgan fingerprint density at radius 3 is 2.69 bits per heavy atom. The number of esters is 1. The molecular weight excluding hydrogens is 420 g/mol. The summed E-state index contributed by atoms with van der Waals surface area (Å²) in [7, 11) is -3.68. The Morgan fingerprint density at radius 1 is 1.28 bits per heavy atom. The summed E-state index contributed by atoms with van der Waals surface area (Å²) >= 11 is 5.97. The molecule has 154 valence electrons. The highest BCUT2D eigenvalue weighted by molar-refractivity contribution is 7.92. The van der Waals surface area contributed by atoms with E-state index in [1.54, 1.807) is 25.1 Å². The molecule has 0 bridgehead atoms. The first-order chi connectivity index (χ1) is 13.7. The molecule has 0 saturated carbocycles. The molecule has 2 aromatic rings. The lowest BCUT2D eigenvalue weighted by Crippen LogP contribution is -2.48. The van der Waals surface area contributed by atoms with Crippen molar-refractivity contribution >= 4 is 44.9 Å². The zero-order valence-electron chi connectivity index (χ0n) is 15.7. The number of nitrogens with zero attached hydrogens (tertiary/aromatic N) is 1. The molecule has 1 aliphatic rings. The quantitative estimate of drug-likeness (QED) is 0.720. The first-order valence-corrected chi connectivity index (χ1v) is 10.9. The number of anilines is 2. The topological polar surface area (TPSA) is 102 Å². The number of halogens is 1. The second kappa shape index (κ2) is 8.30. The summed E-state index contributed by atoms with van der Waals surface area (Å²) < 4.78 is 36.2. The Hall–Kier alpha value is -2.78. The molecule has 0 fully saturated rings. The van der Waals surface area contributed by atoms with E-state index in [0.29, 0.717) is 5.02 Å². The number of hydrogen-bond acceptors (Lipinski definition) is 6. The molecule has 0 aromatic heterocycles. The highest BCUT2D eigenvalue weighted by Crippen LogP contribution is 2.37. The number of para-hydroxylation sites is 1. The molecule has 29 heavy (non-hydrogen) atoms. The van der Waals surface area contributed by atoms with Crippen molar-refractivity contribution in [2.45, 2.75) is 13.0 Å². The van der Waals surface area contributed by atoms with Crippen molar-refractivity contribution in [1.82, 2.24) is 0 Å². The Bertz CT molecular complexity index is 1060. The fraction of sp³-hybridized carbons (Fsp3) is 0.263. The Kier molecular flexibility index (Phi) is 5.99. The van der Waals surface area contributed by atoms with Gasteiger partial charge >= 0.3 is 5.97 Å². The van der Waals surface area contributed by atoms with Crippen LogP contribution in [0.1, 0.15) is 17.3 Å². The molecule has 1 aliphatic heterocycles. The summed E-state index contributed by atoms with van der Waals surface area (Å²) in [5.74, 6) is -0.966. The van der Waals surface area contributed by atoms with Crippen LogP contribution in [-0.2, 0) is 19.6 Å². The predicted octanol–water partition coefficient (Wildman–Crippen LogP) is 2.68. The smallest absolute Gasteiger partial charge is 0.340 e. The van der Waals surface area contributed by atoms with Gasteiger partial charge in [-0.2, -0.15) is 0 Å². The van der Waals surface area contributed by atoms with E-state index in [0.717, 1.165) is 10.6 Å². The number of amides is 1. The van der Waals surface area contributed by atoms with Crippen molar-refractivity contribution in [1.29, 1.82) is 0 Å². The molecule has 0 saturated heterocycles. The van der Waals surface area contributed by atoms with Gasteiger partial charge in [0.2, 0.25) is 10.0 Å². The summed E-state index contributed by atoms with van der Waals surface area (Å²) in [6.45, 7) is 1.63. The lowest BCUT2D eigenvalue weighted by Gasteiger charge is -2.34. The van der Waals surface area contributed by atoms with Crippen molar-refractivity contribution in [3.8, 4) is 5.75 Å². The van der Waals surface area contributed by atoms with Gasteiger partial charge < -0.3 is 14.8 Å². The van der Waals surface area contributed by atoms with E-state index < -0.39 is 28.0 Å². The largest absolute Gasteiger partial charge is 0.476 e. The van der Waals surface area contributed by atoms with Crippen LogP contribution < -0.4 is 14.4 Å². The lowest BCUT2D eigenvalue weighted by atomic mass is 10.1. The van der Waals surface area contributed by atoms with Crippen molar-refractivity contribution in [2.24, 2.45) is 0 Å². The van der Waals surface area contributed by atoms with Crippen LogP contribution in [0.4, 0.5) is 11.4 Å². The fourth-order valence-corrected chi connectivity index (χ4v) is 3.94. The monoisotopic (exact) mass is 438 g/mol. The van der Waals surface area contributed by atoms with E-state index >= 15 is 0 Å². The number of hydrogen-bond donors (Lipinski definition) is 1. The van der Waals surface area contributed by atoms with E-state index in [4.69, 9.17) is 21.1 Å². The van der Waals surface area contributed by atoms with E-state index in [-0.39, 0.29) is 35.8 Å². The van der Waals surface area contributed by atoms with Gasteiger partial charge in [-0.1, -0.05) is 23.7 Å². The molecular formula is C19H19ClN2O6S. The van der Waals surface area contributed by atoms with Crippen LogP contribution in [0.15, 0.2) is 42.5 Å². The van der Waals surface area contributed by atoms with Gasteiger partial charge in [0.25, 0.3) is 5.91 Å². The number of rotatable bonds is 5. The Morgan fingerprint density at radius 2 is 2.00 bits per heavy atom. The van der Waals surface area contributed by atoms with Gasteiger partial charge in [0, 0.05) is 5.02 Å². The van der Waals surface area contributed by atoms with Gasteiger partial charge in [-0.3, -0.25) is 9.10 Å². The first kappa shape index (κ1) is 20.9. The van der Waals surface area contributed by atoms with Crippen LogP contribution in [0, 0.1) is 0 Å². The number of carbonyl (C=O) groups is 2. The molecule has 0 unspecified atom stereocenters. The standard InChI is InChI=1S/C19H19ClN2O6S/c1-3-27-19(24)13-6-4-5-7-14(13)21-18(23)17-11-22(29(2,25)26)15-10-12(20)8-9-16(15)28-17/h4-10,17H,3,11H2,1-2H3,(H,21,23)/t17-/m0/s1. The van der Waals surface area contributed by atoms with Crippen LogP contribution in [-0.4, -0.2) is 45.8 Å². The van der Waals surface area contributed by atoms with Gasteiger partial charge in [-0.05, 0) is 37.3 Å². The molecule has 0 spiro atoms. The summed E-state index contributed by atoms with van der Waals surface area (Å²) in [4.78, 5) is 24.9. The maximum Gasteiger partial charge on any atom is 0.340 e. The maximum absolute atomic E-state index is 12.8. The zero-order chi connectivity index (χ0) is 21.2. The zero-order valence-corrected chi connectivity index (χ0v) is 17.3. The molecule has 1 heterocycles. The minimum Gasteiger partial charge on any atom is -0.476 e. The van der Waals surface area contributed by atoms with Gasteiger partial charge in [0.1, 0.15) is 5.75 Å². The van der Waals surface area contributed by atoms with Crippen LogP contribution in [0.2, 0.25) is 5.02 Å². The lowest BCUT2D eigenvalue weighted by molar-refractivity contribution is -0.122. The average Bonchev–Trinajstić information content (AvgIpc) is 2.67. The Labute approximate surface area is 173 Å². The average molecular weight is 439 g/mol. The maximum atomic E-state index is 12.8. The molecule has 0 radical (unpaired) electrons. The summed E-state index contributed by atoms with van der Waals surface area (Å²) in [6, 6.07) is 10.9. The third kappa shape index (κ3) is 4.63. The van der Waals surface area contributed by atoms with E-state index in [9.17, 15) is 18.0 Å². The van der Waals surface area contributed by atoms with Crippen molar-refractivity contribution in [3.05, 3.63) is 53.1 Å². The number of carbonyl (C=O) groups excluding carboxylic acids is 2. The summed E-state index contributed by atoms with van der Waals surface area (Å²) in [5.41, 5.74) is 0.689. The fourth-order valence-electron chi connectivity index (χ4n) is 2.87. The minimum atomic E-state index is -3.68. The summed E-state index contributed by atoms with van der Waals surface area (Å²) in [5, 5.41) is 2.96. The normalized spacial score (nSPS) is 15.8. The number of sulfonamides is 1. The van der Waals surface area contributed by atoms with Gasteiger partial charge in [-0.25, -0.2) is 13.2 Å². The molecule has 2 aromatic carbocycles. The second-order valence-corrected chi connectivity index (χ2v) is 8.61. The number of nitrogens with one attached hydrogen (secondary N) is 1. The summed E-state index contributed by atoms with van der Waals surface area (Å²) in [6.07, 6.45) is -0.0951. The van der Waals surface area contributed by atoms with E-state index in [1.807, 2.05) is 0 Å². The van der Waals surface area contributed by atoms with E-state index in [1.165, 1.54) is 24.3 Å². The third-order valence-electron chi connectivity index (χ3n) is 4.16.